The highest BCUT2D eigenvalue weighted by atomic mass is 35.5. The van der Waals surface area contributed by atoms with Crippen LogP contribution in [0.1, 0.15) is 5.56 Å². The van der Waals surface area contributed by atoms with Gasteiger partial charge in [0, 0.05) is 27.4 Å². The van der Waals surface area contributed by atoms with E-state index in [0.717, 1.165) is 33.4 Å². The predicted octanol–water partition coefficient (Wildman–Crippen LogP) is 3.90. The minimum Gasteiger partial charge on any atom is -0.495 e. The molecule has 6 heteroatoms. The number of fused-ring (bicyclic) bond motifs is 3. The Balaban J connectivity index is 1.50. The standard InChI is InChI=1S/C23H21ClN2O3/c1-26(13-15-7-9-16(24)10-8-15)14-23(27)25-19-12-21-18(11-22(19)28-2)17-5-3-4-6-20(17)29-21/h3-12H,13-14H2,1-2H3,(H,25,27)/p+1. The van der Waals surface area contributed by atoms with E-state index in [1.54, 1.807) is 7.11 Å². The number of carbonyl (C=O) groups excluding carboxylic acids is 1. The molecule has 148 valence electrons. The van der Waals surface area contributed by atoms with Gasteiger partial charge in [0.25, 0.3) is 5.91 Å². The van der Waals surface area contributed by atoms with Crippen molar-refractivity contribution in [1.29, 1.82) is 0 Å². The van der Waals surface area contributed by atoms with Crippen molar-refractivity contribution in [2.75, 3.05) is 26.0 Å². The number of anilines is 1. The summed E-state index contributed by atoms with van der Waals surface area (Å²) in [4.78, 5) is 13.7. The minimum absolute atomic E-state index is 0.0924. The Hall–Kier alpha value is -3.02. The number of nitrogens with one attached hydrogen (secondary N) is 2. The number of likely N-dealkylation sites (N-methyl/N-ethyl adjacent to an activating group) is 1. The third-order valence-corrected chi connectivity index (χ3v) is 5.11. The highest BCUT2D eigenvalue weighted by molar-refractivity contribution is 6.30. The Labute approximate surface area is 173 Å². The van der Waals surface area contributed by atoms with Crippen LogP contribution in [0, 0.1) is 0 Å². The molecule has 1 amide bonds. The average molecular weight is 410 g/mol. The van der Waals surface area contributed by atoms with Crippen molar-refractivity contribution in [2.24, 2.45) is 0 Å². The Morgan fingerprint density at radius 1 is 1.07 bits per heavy atom. The maximum absolute atomic E-state index is 12.6. The molecule has 2 N–H and O–H groups in total. The van der Waals surface area contributed by atoms with Crippen molar-refractivity contribution in [2.45, 2.75) is 6.54 Å². The first-order valence-corrected chi connectivity index (χ1v) is 9.76. The molecule has 0 spiro atoms. The summed E-state index contributed by atoms with van der Waals surface area (Å²) in [5, 5.41) is 5.64. The van der Waals surface area contributed by atoms with E-state index in [4.69, 9.17) is 20.8 Å². The van der Waals surface area contributed by atoms with Gasteiger partial charge in [0.15, 0.2) is 6.54 Å². The van der Waals surface area contributed by atoms with Crippen LogP contribution in [0.4, 0.5) is 5.69 Å². The zero-order chi connectivity index (χ0) is 20.4. The van der Waals surface area contributed by atoms with Crippen LogP contribution in [0.5, 0.6) is 5.75 Å². The molecular formula is C23H22ClN2O3+. The number of hydrogen-bond acceptors (Lipinski definition) is 3. The number of para-hydroxylation sites is 1. The molecule has 3 aromatic carbocycles. The van der Waals surface area contributed by atoms with E-state index in [1.165, 1.54) is 0 Å². The molecule has 5 nitrogen and oxygen atoms in total. The monoisotopic (exact) mass is 409 g/mol. The Morgan fingerprint density at radius 3 is 2.59 bits per heavy atom. The van der Waals surface area contributed by atoms with Crippen molar-refractivity contribution in [3.05, 3.63) is 71.2 Å². The molecule has 4 rings (SSSR count). The van der Waals surface area contributed by atoms with Gasteiger partial charge in [0.1, 0.15) is 23.5 Å². The minimum atomic E-state index is -0.0924. The Bertz CT molecular complexity index is 1170. The molecule has 0 bridgehead atoms. The van der Waals surface area contributed by atoms with Gasteiger partial charge in [-0.2, -0.15) is 0 Å². The van der Waals surface area contributed by atoms with E-state index >= 15 is 0 Å². The largest absolute Gasteiger partial charge is 0.495 e. The van der Waals surface area contributed by atoms with Gasteiger partial charge >= 0.3 is 0 Å². The number of carbonyl (C=O) groups is 1. The summed E-state index contributed by atoms with van der Waals surface area (Å²) in [6.45, 7) is 1.05. The van der Waals surface area contributed by atoms with Gasteiger partial charge < -0.3 is 19.4 Å². The van der Waals surface area contributed by atoms with Gasteiger partial charge in [-0.05, 0) is 24.3 Å². The van der Waals surface area contributed by atoms with Crippen LogP contribution >= 0.6 is 11.6 Å². The zero-order valence-electron chi connectivity index (χ0n) is 16.3. The van der Waals surface area contributed by atoms with Crippen molar-refractivity contribution < 1.29 is 18.8 Å². The number of hydrogen-bond donors (Lipinski definition) is 2. The molecule has 0 saturated heterocycles. The lowest BCUT2D eigenvalue weighted by Gasteiger charge is -2.15. The van der Waals surface area contributed by atoms with Gasteiger partial charge in [0.05, 0.1) is 19.8 Å². The molecule has 0 radical (unpaired) electrons. The number of quaternary nitrogens is 1. The first-order chi connectivity index (χ1) is 14.0. The van der Waals surface area contributed by atoms with Gasteiger partial charge in [-0.25, -0.2) is 0 Å². The second-order valence-electron chi connectivity index (χ2n) is 7.13. The molecule has 0 aliphatic heterocycles. The number of halogens is 1. The van der Waals surface area contributed by atoms with Gasteiger partial charge in [0.2, 0.25) is 0 Å². The second kappa shape index (κ2) is 8.15. The maximum Gasteiger partial charge on any atom is 0.279 e. The fraction of sp³-hybridized carbons (Fsp3) is 0.174. The first-order valence-electron chi connectivity index (χ1n) is 9.38. The van der Waals surface area contributed by atoms with Crippen molar-refractivity contribution in [1.82, 2.24) is 0 Å². The summed E-state index contributed by atoms with van der Waals surface area (Å²) >= 11 is 5.93. The summed E-state index contributed by atoms with van der Waals surface area (Å²) in [7, 11) is 3.57. The van der Waals surface area contributed by atoms with Crippen molar-refractivity contribution >= 4 is 45.1 Å². The molecule has 0 fully saturated rings. The molecule has 1 aromatic heterocycles. The van der Waals surface area contributed by atoms with E-state index in [-0.39, 0.29) is 5.91 Å². The van der Waals surface area contributed by atoms with E-state index < -0.39 is 0 Å². The molecule has 0 saturated carbocycles. The average Bonchev–Trinajstić information content (AvgIpc) is 3.06. The Kier molecular flexibility index (Phi) is 5.43. The predicted molar refractivity (Wildman–Crippen MR) is 116 cm³/mol. The molecule has 1 unspecified atom stereocenters. The number of amides is 1. The highest BCUT2D eigenvalue weighted by Gasteiger charge is 2.16. The molecule has 1 atom stereocenters. The Morgan fingerprint density at radius 2 is 1.83 bits per heavy atom. The lowest BCUT2D eigenvalue weighted by molar-refractivity contribution is -0.885. The summed E-state index contributed by atoms with van der Waals surface area (Å²) in [5.74, 6) is 0.512. The summed E-state index contributed by atoms with van der Waals surface area (Å²) in [6, 6.07) is 19.2. The smallest absolute Gasteiger partial charge is 0.279 e. The number of ether oxygens (including phenoxy) is 1. The first kappa shape index (κ1) is 19.3. The molecule has 0 aliphatic carbocycles. The number of rotatable bonds is 6. The van der Waals surface area contributed by atoms with E-state index in [0.29, 0.717) is 28.6 Å². The molecule has 4 aromatic rings. The number of methoxy groups -OCH3 is 1. The van der Waals surface area contributed by atoms with Crippen LogP contribution in [0.2, 0.25) is 5.02 Å². The third-order valence-electron chi connectivity index (χ3n) is 4.85. The van der Waals surface area contributed by atoms with E-state index in [1.807, 2.05) is 67.7 Å². The van der Waals surface area contributed by atoms with Gasteiger partial charge in [-0.1, -0.05) is 41.9 Å². The molecule has 29 heavy (non-hydrogen) atoms. The van der Waals surface area contributed by atoms with Gasteiger partial charge in [-0.3, -0.25) is 4.79 Å². The molecular weight excluding hydrogens is 388 g/mol. The topological polar surface area (TPSA) is 55.9 Å². The van der Waals surface area contributed by atoms with E-state index in [9.17, 15) is 4.79 Å². The molecule has 0 aliphatic rings. The van der Waals surface area contributed by atoms with Gasteiger partial charge in [-0.15, -0.1) is 0 Å². The van der Waals surface area contributed by atoms with E-state index in [2.05, 4.69) is 5.32 Å². The maximum atomic E-state index is 12.6. The van der Waals surface area contributed by atoms with Crippen LogP contribution in [-0.4, -0.2) is 26.6 Å². The quantitative estimate of drug-likeness (QED) is 0.507. The molecule has 1 heterocycles. The van der Waals surface area contributed by atoms with Crippen LogP contribution < -0.4 is 15.0 Å². The zero-order valence-corrected chi connectivity index (χ0v) is 17.0. The van der Waals surface area contributed by atoms with Crippen LogP contribution in [-0.2, 0) is 11.3 Å². The van der Waals surface area contributed by atoms with Crippen LogP contribution in [0.3, 0.4) is 0 Å². The van der Waals surface area contributed by atoms with Crippen LogP contribution in [0.15, 0.2) is 65.1 Å². The number of furan rings is 1. The fourth-order valence-electron chi connectivity index (χ4n) is 3.50. The summed E-state index contributed by atoms with van der Waals surface area (Å²) < 4.78 is 11.4. The van der Waals surface area contributed by atoms with Crippen molar-refractivity contribution in [3.63, 3.8) is 0 Å². The van der Waals surface area contributed by atoms with Crippen LogP contribution in [0.25, 0.3) is 21.9 Å². The fourth-order valence-corrected chi connectivity index (χ4v) is 3.63. The second-order valence-corrected chi connectivity index (χ2v) is 7.57. The summed E-state index contributed by atoms with van der Waals surface area (Å²) in [6.07, 6.45) is 0. The SMILES string of the molecule is COc1cc2c(cc1NC(=O)C[NH+](C)Cc1ccc(Cl)cc1)oc1ccccc12. The third kappa shape index (κ3) is 4.21. The lowest BCUT2D eigenvalue weighted by atomic mass is 10.1. The number of benzene rings is 3. The lowest BCUT2D eigenvalue weighted by Crippen LogP contribution is -3.08. The highest BCUT2D eigenvalue weighted by Crippen LogP contribution is 2.36. The summed E-state index contributed by atoms with van der Waals surface area (Å²) in [5.41, 5.74) is 3.24. The normalized spacial score (nSPS) is 12.2. The van der Waals surface area contributed by atoms with Crippen molar-refractivity contribution in [3.8, 4) is 5.75 Å².